The summed E-state index contributed by atoms with van der Waals surface area (Å²) in [6.45, 7) is 1.97. The van der Waals surface area contributed by atoms with E-state index in [4.69, 9.17) is 11.6 Å². The molecule has 0 aliphatic rings. The molecule has 0 aliphatic carbocycles. The molecule has 0 bridgehead atoms. The zero-order chi connectivity index (χ0) is 14.7. The van der Waals surface area contributed by atoms with Crippen LogP contribution in [0.2, 0.25) is 5.02 Å². The average molecular weight is 334 g/mol. The Hall–Kier alpha value is -1.56. The SMILES string of the molecule is Cc1csc(Nc2cc(Sc3ccc(Cl)cc3)ccn2)n1. The number of aromatic nitrogens is 2. The Balaban J connectivity index is 1.75. The fourth-order valence-corrected chi connectivity index (χ4v) is 3.37. The molecule has 0 radical (unpaired) electrons. The minimum absolute atomic E-state index is 0.746. The number of nitrogens with one attached hydrogen (secondary N) is 1. The van der Waals surface area contributed by atoms with Crippen molar-refractivity contribution < 1.29 is 0 Å². The van der Waals surface area contributed by atoms with E-state index in [1.165, 1.54) is 0 Å². The van der Waals surface area contributed by atoms with E-state index in [1.807, 2.05) is 48.7 Å². The summed E-state index contributed by atoms with van der Waals surface area (Å²) in [7, 11) is 0. The second kappa shape index (κ2) is 6.47. The standard InChI is InChI=1S/C15H12ClN3S2/c1-10-9-20-15(18-10)19-14-8-13(6-7-17-14)21-12-4-2-11(16)3-5-12/h2-9H,1H3,(H,17,18,19). The molecule has 0 fully saturated rings. The van der Waals surface area contributed by atoms with Gasteiger partial charge in [0.25, 0.3) is 0 Å². The summed E-state index contributed by atoms with van der Waals surface area (Å²) in [6.07, 6.45) is 1.79. The van der Waals surface area contributed by atoms with Crippen molar-refractivity contribution in [3.05, 3.63) is 58.7 Å². The number of hydrogen-bond donors (Lipinski definition) is 1. The highest BCUT2D eigenvalue weighted by atomic mass is 35.5. The van der Waals surface area contributed by atoms with Gasteiger partial charge in [-0.05, 0) is 43.3 Å². The maximum absolute atomic E-state index is 5.90. The molecule has 106 valence electrons. The van der Waals surface area contributed by atoms with Gasteiger partial charge in [0, 0.05) is 26.4 Å². The number of benzene rings is 1. The first-order valence-electron chi connectivity index (χ1n) is 6.28. The quantitative estimate of drug-likeness (QED) is 0.694. The van der Waals surface area contributed by atoms with Gasteiger partial charge in [-0.15, -0.1) is 11.3 Å². The monoisotopic (exact) mass is 333 g/mol. The molecule has 2 heterocycles. The van der Waals surface area contributed by atoms with Gasteiger partial charge in [-0.1, -0.05) is 23.4 Å². The normalized spacial score (nSPS) is 10.6. The van der Waals surface area contributed by atoms with Crippen molar-refractivity contribution in [3.8, 4) is 0 Å². The van der Waals surface area contributed by atoms with E-state index in [-0.39, 0.29) is 0 Å². The predicted molar refractivity (Wildman–Crippen MR) is 89.9 cm³/mol. The smallest absolute Gasteiger partial charge is 0.188 e. The Labute approximate surface area is 136 Å². The molecule has 0 aliphatic heterocycles. The number of nitrogens with zero attached hydrogens (tertiary/aromatic N) is 2. The van der Waals surface area contributed by atoms with Gasteiger partial charge in [0.1, 0.15) is 5.82 Å². The van der Waals surface area contributed by atoms with Crippen LogP contribution in [0.1, 0.15) is 5.69 Å². The van der Waals surface area contributed by atoms with Gasteiger partial charge in [0.2, 0.25) is 0 Å². The summed E-state index contributed by atoms with van der Waals surface area (Å²) < 4.78 is 0. The van der Waals surface area contributed by atoms with Crippen molar-refractivity contribution in [3.63, 3.8) is 0 Å². The Bertz CT molecular complexity index is 741. The van der Waals surface area contributed by atoms with Crippen LogP contribution >= 0.6 is 34.7 Å². The molecule has 0 saturated carbocycles. The maximum atomic E-state index is 5.90. The topological polar surface area (TPSA) is 37.8 Å². The minimum Gasteiger partial charge on any atom is -0.316 e. The molecule has 0 unspecified atom stereocenters. The van der Waals surface area contributed by atoms with Crippen molar-refractivity contribution in [2.45, 2.75) is 16.7 Å². The van der Waals surface area contributed by atoms with Crippen molar-refractivity contribution in [1.29, 1.82) is 0 Å². The van der Waals surface area contributed by atoms with Crippen LogP contribution in [0.15, 0.2) is 57.8 Å². The van der Waals surface area contributed by atoms with E-state index < -0.39 is 0 Å². The van der Waals surface area contributed by atoms with Crippen molar-refractivity contribution in [2.24, 2.45) is 0 Å². The molecule has 3 nitrogen and oxygen atoms in total. The van der Waals surface area contributed by atoms with Gasteiger partial charge in [-0.25, -0.2) is 9.97 Å². The van der Waals surface area contributed by atoms with Crippen molar-refractivity contribution in [1.82, 2.24) is 9.97 Å². The van der Waals surface area contributed by atoms with E-state index in [2.05, 4.69) is 15.3 Å². The molecule has 3 aromatic rings. The minimum atomic E-state index is 0.746. The lowest BCUT2D eigenvalue weighted by Gasteiger charge is -2.05. The summed E-state index contributed by atoms with van der Waals surface area (Å²) >= 11 is 9.14. The van der Waals surface area contributed by atoms with E-state index in [1.54, 1.807) is 29.3 Å². The fourth-order valence-electron chi connectivity index (χ4n) is 1.70. The van der Waals surface area contributed by atoms with Crippen LogP contribution in [0.5, 0.6) is 0 Å². The molecule has 1 aromatic carbocycles. The van der Waals surface area contributed by atoms with Crippen LogP contribution in [-0.2, 0) is 0 Å². The van der Waals surface area contributed by atoms with E-state index >= 15 is 0 Å². The van der Waals surface area contributed by atoms with E-state index in [0.29, 0.717) is 0 Å². The van der Waals surface area contributed by atoms with Crippen LogP contribution < -0.4 is 5.32 Å². The van der Waals surface area contributed by atoms with Gasteiger partial charge in [0.15, 0.2) is 5.13 Å². The summed E-state index contributed by atoms with van der Waals surface area (Å²) in [6, 6.07) is 11.8. The van der Waals surface area contributed by atoms with Gasteiger partial charge in [-0.3, -0.25) is 0 Å². The van der Waals surface area contributed by atoms with Crippen molar-refractivity contribution >= 4 is 45.6 Å². The number of rotatable bonds is 4. The van der Waals surface area contributed by atoms with Gasteiger partial charge in [-0.2, -0.15) is 0 Å². The number of pyridine rings is 1. The zero-order valence-corrected chi connectivity index (χ0v) is 13.6. The first-order chi connectivity index (χ1) is 10.2. The lowest BCUT2D eigenvalue weighted by molar-refractivity contribution is 1.22. The van der Waals surface area contributed by atoms with Crippen LogP contribution in [0.3, 0.4) is 0 Å². The molecule has 3 rings (SSSR count). The average Bonchev–Trinajstić information content (AvgIpc) is 2.87. The van der Waals surface area contributed by atoms with Gasteiger partial charge < -0.3 is 5.32 Å². The fraction of sp³-hybridized carbons (Fsp3) is 0.0667. The molecule has 0 atom stereocenters. The molecule has 21 heavy (non-hydrogen) atoms. The number of halogens is 1. The highest BCUT2D eigenvalue weighted by Crippen LogP contribution is 2.30. The lowest BCUT2D eigenvalue weighted by Crippen LogP contribution is -1.92. The number of hydrogen-bond acceptors (Lipinski definition) is 5. The molecule has 6 heteroatoms. The maximum Gasteiger partial charge on any atom is 0.188 e. The molecule has 0 saturated heterocycles. The molecule has 0 spiro atoms. The van der Waals surface area contributed by atoms with Gasteiger partial charge in [0.05, 0.1) is 5.69 Å². The number of thiazole rings is 1. The van der Waals surface area contributed by atoms with Gasteiger partial charge >= 0.3 is 0 Å². The summed E-state index contributed by atoms with van der Waals surface area (Å²) in [5.41, 5.74) is 1.01. The largest absolute Gasteiger partial charge is 0.316 e. The van der Waals surface area contributed by atoms with Crippen LogP contribution in [0.4, 0.5) is 10.9 Å². The molecule has 2 aromatic heterocycles. The van der Waals surface area contributed by atoms with E-state index in [0.717, 1.165) is 31.5 Å². The second-order valence-electron chi connectivity index (χ2n) is 4.35. The molecular weight excluding hydrogens is 322 g/mol. The first kappa shape index (κ1) is 14.4. The number of anilines is 2. The third-order valence-corrected chi connectivity index (χ3v) is 4.76. The first-order valence-corrected chi connectivity index (χ1v) is 8.35. The molecule has 1 N–H and O–H groups in total. The third-order valence-electron chi connectivity index (χ3n) is 2.63. The Morgan fingerprint density at radius 3 is 2.67 bits per heavy atom. The summed E-state index contributed by atoms with van der Waals surface area (Å²) in [5.74, 6) is 0.795. The third kappa shape index (κ3) is 3.97. The number of aryl methyl sites for hydroxylation is 1. The van der Waals surface area contributed by atoms with Crippen LogP contribution in [0, 0.1) is 6.92 Å². The van der Waals surface area contributed by atoms with Crippen LogP contribution in [0.25, 0.3) is 0 Å². The molecular formula is C15H12ClN3S2. The second-order valence-corrected chi connectivity index (χ2v) is 6.79. The van der Waals surface area contributed by atoms with E-state index in [9.17, 15) is 0 Å². The predicted octanol–water partition coefficient (Wildman–Crippen LogP) is 5.39. The summed E-state index contributed by atoms with van der Waals surface area (Å²) in [5, 5.41) is 6.83. The van der Waals surface area contributed by atoms with Crippen molar-refractivity contribution in [2.75, 3.05) is 5.32 Å². The lowest BCUT2D eigenvalue weighted by atomic mass is 10.4. The molecule has 0 amide bonds. The Kier molecular flexibility index (Phi) is 4.43. The highest BCUT2D eigenvalue weighted by Gasteiger charge is 2.03. The Morgan fingerprint density at radius 2 is 1.95 bits per heavy atom. The highest BCUT2D eigenvalue weighted by molar-refractivity contribution is 7.99. The Morgan fingerprint density at radius 1 is 1.14 bits per heavy atom. The van der Waals surface area contributed by atoms with Crippen LogP contribution in [-0.4, -0.2) is 9.97 Å². The zero-order valence-electron chi connectivity index (χ0n) is 11.2. The summed E-state index contributed by atoms with van der Waals surface area (Å²) in [4.78, 5) is 11.0.